The Bertz CT molecular complexity index is 671. The minimum absolute atomic E-state index is 0.0212. The molecule has 0 spiro atoms. The predicted molar refractivity (Wildman–Crippen MR) is 86.4 cm³/mol. The Balaban J connectivity index is 1.71. The molecule has 0 saturated carbocycles. The van der Waals surface area contributed by atoms with Crippen molar-refractivity contribution in [2.75, 3.05) is 25.0 Å². The second kappa shape index (κ2) is 6.28. The minimum Gasteiger partial charge on any atom is -0.396 e. The number of nitrogens with one attached hydrogen (secondary N) is 1. The Morgan fingerprint density at radius 1 is 1.59 bits per heavy atom. The van der Waals surface area contributed by atoms with Crippen LogP contribution in [0.15, 0.2) is 23.8 Å². The summed E-state index contributed by atoms with van der Waals surface area (Å²) in [5.74, 6) is 0.121. The highest BCUT2D eigenvalue weighted by atomic mass is 35.5. The number of anilines is 1. The molecular weight excluding hydrogens is 324 g/mol. The lowest BCUT2D eigenvalue weighted by Gasteiger charge is -2.16. The maximum atomic E-state index is 12.4. The molecule has 1 saturated heterocycles. The molecule has 2 atom stereocenters. The summed E-state index contributed by atoms with van der Waals surface area (Å²) in [5, 5.41) is 18.4. The van der Waals surface area contributed by atoms with E-state index >= 15 is 0 Å². The molecule has 3 rings (SSSR count). The Labute approximate surface area is 137 Å². The number of aromatic nitrogens is 2. The van der Waals surface area contributed by atoms with Gasteiger partial charge in [0.1, 0.15) is 4.34 Å². The first kappa shape index (κ1) is 15.3. The number of thiophene rings is 1. The molecule has 6 nitrogen and oxygen atoms in total. The van der Waals surface area contributed by atoms with Crippen molar-refractivity contribution in [2.45, 2.75) is 5.92 Å². The summed E-state index contributed by atoms with van der Waals surface area (Å²) in [7, 11) is 1.86. The standard InChI is InChI=1S/C14H17ClN4O2S/c1-18-5-9(4-16-18)11-7-19(6-10(11)8-20)14(21)17-12-2-3-22-13(12)15/h2-5,10-11,20H,6-8H2,1H3,(H,17,21)/t10-,11-/m0/s1. The lowest BCUT2D eigenvalue weighted by atomic mass is 9.92. The normalized spacial score (nSPS) is 21.3. The van der Waals surface area contributed by atoms with Crippen molar-refractivity contribution >= 4 is 34.7 Å². The minimum atomic E-state index is -0.190. The van der Waals surface area contributed by atoms with Gasteiger partial charge in [-0.1, -0.05) is 11.6 Å². The Morgan fingerprint density at radius 3 is 3.00 bits per heavy atom. The number of urea groups is 1. The van der Waals surface area contributed by atoms with Crippen LogP contribution in [-0.4, -0.2) is 45.5 Å². The molecule has 0 unspecified atom stereocenters. The van der Waals surface area contributed by atoms with Crippen molar-refractivity contribution in [3.05, 3.63) is 33.7 Å². The number of carbonyl (C=O) groups excluding carboxylic acids is 1. The number of halogens is 1. The van der Waals surface area contributed by atoms with E-state index in [0.29, 0.717) is 23.1 Å². The van der Waals surface area contributed by atoms with Gasteiger partial charge in [0.15, 0.2) is 0 Å². The quantitative estimate of drug-likeness (QED) is 0.901. The zero-order valence-corrected chi connectivity index (χ0v) is 13.6. The molecule has 2 aromatic rings. The average Bonchev–Trinajstić information content (AvgIpc) is 3.19. The largest absolute Gasteiger partial charge is 0.396 e. The van der Waals surface area contributed by atoms with Crippen LogP contribution in [0.5, 0.6) is 0 Å². The average molecular weight is 341 g/mol. The zero-order chi connectivity index (χ0) is 15.7. The van der Waals surface area contributed by atoms with Gasteiger partial charge in [0.25, 0.3) is 0 Å². The van der Waals surface area contributed by atoms with Crippen LogP contribution in [0.1, 0.15) is 11.5 Å². The number of amides is 2. The van der Waals surface area contributed by atoms with Crippen molar-refractivity contribution in [3.8, 4) is 0 Å². The lowest BCUT2D eigenvalue weighted by Crippen LogP contribution is -2.33. The van der Waals surface area contributed by atoms with Gasteiger partial charge in [-0.15, -0.1) is 11.3 Å². The number of hydrogen-bond donors (Lipinski definition) is 2. The van der Waals surface area contributed by atoms with Crippen molar-refractivity contribution in [1.29, 1.82) is 0 Å². The maximum absolute atomic E-state index is 12.4. The molecule has 0 radical (unpaired) electrons. The van der Waals surface area contributed by atoms with Crippen LogP contribution in [0.2, 0.25) is 4.34 Å². The summed E-state index contributed by atoms with van der Waals surface area (Å²) < 4.78 is 2.30. The molecule has 0 aromatic carbocycles. The van der Waals surface area contributed by atoms with Gasteiger partial charge in [0.2, 0.25) is 0 Å². The zero-order valence-electron chi connectivity index (χ0n) is 12.1. The summed E-state index contributed by atoms with van der Waals surface area (Å²) in [6.45, 7) is 1.12. The van der Waals surface area contributed by atoms with E-state index in [-0.39, 0.29) is 24.5 Å². The molecule has 1 aliphatic rings. The summed E-state index contributed by atoms with van der Waals surface area (Å²) >= 11 is 7.38. The molecule has 2 amide bonds. The molecular formula is C14H17ClN4O2S. The van der Waals surface area contributed by atoms with E-state index in [0.717, 1.165) is 5.56 Å². The molecule has 118 valence electrons. The summed E-state index contributed by atoms with van der Waals surface area (Å²) in [5.41, 5.74) is 1.67. The summed E-state index contributed by atoms with van der Waals surface area (Å²) in [6.07, 6.45) is 3.73. The van der Waals surface area contributed by atoms with E-state index in [2.05, 4.69) is 10.4 Å². The van der Waals surface area contributed by atoms with Gasteiger partial charge >= 0.3 is 6.03 Å². The third-order valence-electron chi connectivity index (χ3n) is 3.98. The molecule has 3 heterocycles. The smallest absolute Gasteiger partial charge is 0.321 e. The van der Waals surface area contributed by atoms with E-state index in [1.54, 1.807) is 21.8 Å². The van der Waals surface area contributed by atoms with Gasteiger partial charge in [-0.25, -0.2) is 4.79 Å². The van der Waals surface area contributed by atoms with Crippen LogP contribution in [0.3, 0.4) is 0 Å². The predicted octanol–water partition coefficient (Wildman–Crippen LogP) is 2.37. The number of aryl methyl sites for hydroxylation is 1. The lowest BCUT2D eigenvalue weighted by molar-refractivity contribution is 0.207. The second-order valence-electron chi connectivity index (χ2n) is 5.44. The molecule has 2 aromatic heterocycles. The van der Waals surface area contributed by atoms with E-state index in [9.17, 15) is 9.90 Å². The van der Waals surface area contributed by atoms with Crippen molar-refractivity contribution in [3.63, 3.8) is 0 Å². The van der Waals surface area contributed by atoms with Gasteiger partial charge in [-0.2, -0.15) is 5.10 Å². The first-order chi connectivity index (χ1) is 10.6. The fourth-order valence-corrected chi connectivity index (χ4v) is 3.64. The van der Waals surface area contributed by atoms with Crippen molar-refractivity contribution < 1.29 is 9.90 Å². The van der Waals surface area contributed by atoms with Gasteiger partial charge < -0.3 is 15.3 Å². The number of nitrogens with zero attached hydrogens (tertiary/aromatic N) is 3. The fraction of sp³-hybridized carbons (Fsp3) is 0.429. The Hall–Kier alpha value is -1.57. The monoisotopic (exact) mass is 340 g/mol. The third-order valence-corrected chi connectivity index (χ3v) is 5.15. The number of rotatable bonds is 3. The van der Waals surface area contributed by atoms with Gasteiger partial charge in [-0.3, -0.25) is 4.68 Å². The maximum Gasteiger partial charge on any atom is 0.321 e. The third kappa shape index (κ3) is 2.97. The molecule has 1 aliphatic heterocycles. The van der Waals surface area contributed by atoms with Crippen LogP contribution in [-0.2, 0) is 7.05 Å². The number of likely N-dealkylation sites (tertiary alicyclic amines) is 1. The summed E-state index contributed by atoms with van der Waals surface area (Å²) in [6, 6.07) is 1.59. The highest BCUT2D eigenvalue weighted by Gasteiger charge is 2.36. The Morgan fingerprint density at radius 2 is 2.41 bits per heavy atom. The fourth-order valence-electron chi connectivity index (χ4n) is 2.81. The van der Waals surface area contributed by atoms with Gasteiger partial charge in [0, 0.05) is 44.8 Å². The van der Waals surface area contributed by atoms with Gasteiger partial charge in [0.05, 0.1) is 11.9 Å². The first-order valence-corrected chi connectivity index (χ1v) is 8.22. The van der Waals surface area contributed by atoms with Gasteiger partial charge in [-0.05, 0) is 17.0 Å². The Kier molecular flexibility index (Phi) is 4.37. The van der Waals surface area contributed by atoms with Crippen LogP contribution >= 0.6 is 22.9 Å². The van der Waals surface area contributed by atoms with Crippen LogP contribution < -0.4 is 5.32 Å². The van der Waals surface area contributed by atoms with Crippen LogP contribution in [0.25, 0.3) is 0 Å². The highest BCUT2D eigenvalue weighted by Crippen LogP contribution is 2.33. The topological polar surface area (TPSA) is 70.4 Å². The SMILES string of the molecule is Cn1cc([C@@H]2CN(C(=O)Nc3ccsc3Cl)C[C@H]2CO)cn1. The molecule has 1 fully saturated rings. The summed E-state index contributed by atoms with van der Waals surface area (Å²) in [4.78, 5) is 14.1. The highest BCUT2D eigenvalue weighted by molar-refractivity contribution is 7.15. The number of hydrogen-bond acceptors (Lipinski definition) is 4. The molecule has 22 heavy (non-hydrogen) atoms. The molecule has 8 heteroatoms. The van der Waals surface area contributed by atoms with E-state index in [1.165, 1.54) is 11.3 Å². The molecule has 0 aliphatic carbocycles. The van der Waals surface area contributed by atoms with E-state index in [4.69, 9.17) is 11.6 Å². The molecule has 2 N–H and O–H groups in total. The number of carbonyl (C=O) groups is 1. The molecule has 0 bridgehead atoms. The van der Waals surface area contributed by atoms with Crippen molar-refractivity contribution in [2.24, 2.45) is 13.0 Å². The number of aliphatic hydroxyl groups is 1. The van der Waals surface area contributed by atoms with E-state index in [1.807, 2.05) is 18.6 Å². The van der Waals surface area contributed by atoms with Crippen LogP contribution in [0, 0.1) is 5.92 Å². The second-order valence-corrected chi connectivity index (χ2v) is 6.96. The number of aliphatic hydroxyl groups excluding tert-OH is 1. The van der Waals surface area contributed by atoms with Crippen LogP contribution in [0.4, 0.5) is 10.5 Å². The first-order valence-electron chi connectivity index (χ1n) is 6.96. The van der Waals surface area contributed by atoms with E-state index < -0.39 is 0 Å². The van der Waals surface area contributed by atoms with Crippen molar-refractivity contribution in [1.82, 2.24) is 14.7 Å².